The highest BCUT2D eigenvalue weighted by atomic mass is 16.2. The molecule has 136 valence electrons. The molecule has 2 aromatic carbocycles. The third-order valence-electron chi connectivity index (χ3n) is 4.77. The number of para-hydroxylation sites is 2. The Hall–Kier alpha value is -2.82. The fraction of sp³-hybridized carbons (Fsp3) is 0.333. The van der Waals surface area contributed by atoms with Crippen LogP contribution in [-0.4, -0.2) is 31.4 Å². The number of carbonyl (C=O) groups is 2. The molecule has 3 rings (SSSR count). The quantitative estimate of drug-likeness (QED) is 0.858. The molecule has 0 saturated carbocycles. The molecule has 26 heavy (non-hydrogen) atoms. The van der Waals surface area contributed by atoms with Crippen LogP contribution in [0.25, 0.3) is 0 Å². The van der Waals surface area contributed by atoms with Gasteiger partial charge >= 0.3 is 0 Å². The SMILES string of the molecule is CCN(CC)c1ccc(C(=O)Nc2ccccc2N2CCCC2=O)cc1. The van der Waals surface area contributed by atoms with Crippen LogP contribution in [0.5, 0.6) is 0 Å². The second-order valence-corrected chi connectivity index (χ2v) is 6.34. The predicted molar refractivity (Wildman–Crippen MR) is 106 cm³/mol. The van der Waals surface area contributed by atoms with Crippen molar-refractivity contribution in [2.45, 2.75) is 26.7 Å². The van der Waals surface area contributed by atoms with Gasteiger partial charge in [0.05, 0.1) is 11.4 Å². The minimum Gasteiger partial charge on any atom is -0.372 e. The Morgan fingerprint density at radius 1 is 1.08 bits per heavy atom. The molecule has 1 aliphatic heterocycles. The van der Waals surface area contributed by atoms with Crippen molar-refractivity contribution in [1.29, 1.82) is 0 Å². The molecule has 0 aromatic heterocycles. The molecule has 2 aromatic rings. The molecule has 0 unspecified atom stereocenters. The molecule has 1 saturated heterocycles. The number of hydrogen-bond donors (Lipinski definition) is 1. The van der Waals surface area contributed by atoms with Crippen LogP contribution in [0.1, 0.15) is 37.0 Å². The smallest absolute Gasteiger partial charge is 0.255 e. The number of amides is 2. The zero-order chi connectivity index (χ0) is 18.5. The summed E-state index contributed by atoms with van der Waals surface area (Å²) in [6.07, 6.45) is 1.42. The highest BCUT2D eigenvalue weighted by Crippen LogP contribution is 2.29. The average Bonchev–Trinajstić information content (AvgIpc) is 3.09. The van der Waals surface area contributed by atoms with Crippen LogP contribution in [0.4, 0.5) is 17.1 Å². The van der Waals surface area contributed by atoms with Gasteiger partial charge in [0.15, 0.2) is 0 Å². The molecule has 1 fully saturated rings. The van der Waals surface area contributed by atoms with E-state index in [4.69, 9.17) is 0 Å². The van der Waals surface area contributed by atoms with Crippen molar-refractivity contribution in [2.75, 3.05) is 34.8 Å². The predicted octanol–water partition coefficient (Wildman–Crippen LogP) is 3.91. The first-order valence-electron chi connectivity index (χ1n) is 9.19. The molecule has 1 heterocycles. The summed E-state index contributed by atoms with van der Waals surface area (Å²) in [6.45, 7) is 6.78. The van der Waals surface area contributed by atoms with Crippen molar-refractivity contribution in [3.05, 3.63) is 54.1 Å². The summed E-state index contributed by atoms with van der Waals surface area (Å²) in [7, 11) is 0. The molecule has 0 aliphatic carbocycles. The Morgan fingerprint density at radius 3 is 2.38 bits per heavy atom. The standard InChI is InChI=1S/C21H25N3O2/c1-3-23(4-2)17-13-11-16(12-14-17)21(26)22-18-8-5-6-9-19(18)24-15-7-10-20(24)25/h5-6,8-9,11-14H,3-4,7,10,15H2,1-2H3,(H,22,26). The van der Waals surface area contributed by atoms with Gasteiger partial charge in [0.2, 0.25) is 5.91 Å². The molecular weight excluding hydrogens is 326 g/mol. The Balaban J connectivity index is 1.77. The van der Waals surface area contributed by atoms with E-state index in [0.717, 1.165) is 30.9 Å². The Labute approximate surface area is 154 Å². The second-order valence-electron chi connectivity index (χ2n) is 6.34. The molecule has 0 atom stereocenters. The van der Waals surface area contributed by atoms with Gasteiger partial charge < -0.3 is 15.1 Å². The second kappa shape index (κ2) is 8.04. The third kappa shape index (κ3) is 3.72. The minimum atomic E-state index is -0.171. The lowest BCUT2D eigenvalue weighted by atomic mass is 10.1. The van der Waals surface area contributed by atoms with Gasteiger partial charge in [-0.3, -0.25) is 9.59 Å². The summed E-state index contributed by atoms with van der Waals surface area (Å²) in [5.41, 5.74) is 3.14. The van der Waals surface area contributed by atoms with Gasteiger partial charge in [0, 0.05) is 37.3 Å². The van der Waals surface area contributed by atoms with Crippen LogP contribution < -0.4 is 15.1 Å². The van der Waals surface area contributed by atoms with E-state index in [0.29, 0.717) is 24.2 Å². The van der Waals surface area contributed by atoms with Gasteiger partial charge in [0.1, 0.15) is 0 Å². The maximum atomic E-state index is 12.7. The van der Waals surface area contributed by atoms with E-state index < -0.39 is 0 Å². The molecule has 0 spiro atoms. The summed E-state index contributed by atoms with van der Waals surface area (Å²) < 4.78 is 0. The Kier molecular flexibility index (Phi) is 5.56. The van der Waals surface area contributed by atoms with Crippen molar-refractivity contribution in [3.63, 3.8) is 0 Å². The van der Waals surface area contributed by atoms with E-state index in [9.17, 15) is 9.59 Å². The Morgan fingerprint density at radius 2 is 1.77 bits per heavy atom. The van der Waals surface area contributed by atoms with Gasteiger partial charge in [-0.1, -0.05) is 12.1 Å². The number of anilines is 3. The van der Waals surface area contributed by atoms with Crippen LogP contribution in [0.15, 0.2) is 48.5 Å². The van der Waals surface area contributed by atoms with Crippen LogP contribution in [0.3, 0.4) is 0 Å². The number of carbonyl (C=O) groups excluding carboxylic acids is 2. The summed E-state index contributed by atoms with van der Waals surface area (Å²) in [5.74, 6) is -0.0644. The maximum Gasteiger partial charge on any atom is 0.255 e. The minimum absolute atomic E-state index is 0.107. The van der Waals surface area contributed by atoms with Crippen molar-refractivity contribution in [2.24, 2.45) is 0 Å². The van der Waals surface area contributed by atoms with Crippen LogP contribution in [-0.2, 0) is 4.79 Å². The van der Waals surface area contributed by atoms with Crippen LogP contribution in [0.2, 0.25) is 0 Å². The van der Waals surface area contributed by atoms with E-state index in [2.05, 4.69) is 24.1 Å². The highest BCUT2D eigenvalue weighted by molar-refractivity contribution is 6.08. The zero-order valence-corrected chi connectivity index (χ0v) is 15.4. The monoisotopic (exact) mass is 351 g/mol. The summed E-state index contributed by atoms with van der Waals surface area (Å²) in [4.78, 5) is 28.7. The number of rotatable bonds is 6. The summed E-state index contributed by atoms with van der Waals surface area (Å²) in [5, 5.41) is 2.95. The maximum absolute atomic E-state index is 12.7. The molecule has 2 amide bonds. The number of hydrogen-bond acceptors (Lipinski definition) is 3. The van der Waals surface area contributed by atoms with Crippen molar-refractivity contribution in [3.8, 4) is 0 Å². The van der Waals surface area contributed by atoms with E-state index in [1.165, 1.54) is 0 Å². The molecule has 1 aliphatic rings. The van der Waals surface area contributed by atoms with Gasteiger partial charge in [-0.25, -0.2) is 0 Å². The summed E-state index contributed by atoms with van der Waals surface area (Å²) in [6, 6.07) is 15.1. The molecule has 5 nitrogen and oxygen atoms in total. The molecule has 1 N–H and O–H groups in total. The first kappa shape index (κ1) is 18.0. The first-order chi connectivity index (χ1) is 12.6. The number of nitrogens with zero attached hydrogens (tertiary/aromatic N) is 2. The van der Waals surface area contributed by atoms with E-state index >= 15 is 0 Å². The molecular formula is C21H25N3O2. The molecule has 5 heteroatoms. The van der Waals surface area contributed by atoms with Crippen LogP contribution >= 0.6 is 0 Å². The fourth-order valence-corrected chi connectivity index (χ4v) is 3.32. The Bertz CT molecular complexity index is 782. The molecule has 0 bridgehead atoms. The number of benzene rings is 2. The van der Waals surface area contributed by atoms with Crippen LogP contribution in [0, 0.1) is 0 Å². The lowest BCUT2D eigenvalue weighted by Gasteiger charge is -2.21. The molecule has 0 radical (unpaired) electrons. The van der Waals surface area contributed by atoms with Gasteiger partial charge in [0.25, 0.3) is 5.91 Å². The fourth-order valence-electron chi connectivity index (χ4n) is 3.32. The van der Waals surface area contributed by atoms with Crippen molar-refractivity contribution in [1.82, 2.24) is 0 Å². The topological polar surface area (TPSA) is 52.7 Å². The first-order valence-corrected chi connectivity index (χ1v) is 9.19. The lowest BCUT2D eigenvalue weighted by Crippen LogP contribution is -2.25. The van der Waals surface area contributed by atoms with E-state index in [1.54, 1.807) is 4.90 Å². The van der Waals surface area contributed by atoms with Gasteiger partial charge in [-0.15, -0.1) is 0 Å². The zero-order valence-electron chi connectivity index (χ0n) is 15.4. The van der Waals surface area contributed by atoms with E-state index in [-0.39, 0.29) is 11.8 Å². The number of nitrogens with one attached hydrogen (secondary N) is 1. The average molecular weight is 351 g/mol. The van der Waals surface area contributed by atoms with Gasteiger partial charge in [-0.05, 0) is 56.7 Å². The van der Waals surface area contributed by atoms with Crippen molar-refractivity contribution >= 4 is 28.9 Å². The third-order valence-corrected chi connectivity index (χ3v) is 4.77. The lowest BCUT2D eigenvalue weighted by molar-refractivity contribution is -0.117. The van der Waals surface area contributed by atoms with Gasteiger partial charge in [-0.2, -0.15) is 0 Å². The summed E-state index contributed by atoms with van der Waals surface area (Å²) >= 11 is 0. The largest absolute Gasteiger partial charge is 0.372 e. The highest BCUT2D eigenvalue weighted by Gasteiger charge is 2.24. The van der Waals surface area contributed by atoms with E-state index in [1.807, 2.05) is 48.5 Å². The van der Waals surface area contributed by atoms with Crippen molar-refractivity contribution < 1.29 is 9.59 Å². The normalized spacial score (nSPS) is 13.8.